The molecule has 0 saturated heterocycles. The van der Waals surface area contributed by atoms with Crippen LogP contribution in [0.2, 0.25) is 0 Å². The Balaban J connectivity index is 1.67. The van der Waals surface area contributed by atoms with E-state index < -0.39 is 0 Å². The zero-order valence-corrected chi connectivity index (χ0v) is 19.5. The number of ketones is 1. The van der Waals surface area contributed by atoms with Crippen molar-refractivity contribution >= 4 is 33.5 Å². The van der Waals surface area contributed by atoms with Crippen LogP contribution in [-0.2, 0) is 4.79 Å². The zero-order chi connectivity index (χ0) is 22.5. The van der Waals surface area contributed by atoms with Gasteiger partial charge in [-0.15, -0.1) is 0 Å². The molecule has 1 aliphatic carbocycles. The summed E-state index contributed by atoms with van der Waals surface area (Å²) in [6.45, 7) is 10.8. The molecule has 1 heterocycles. The lowest BCUT2D eigenvalue weighted by atomic mass is 9.68. The van der Waals surface area contributed by atoms with Crippen molar-refractivity contribution in [1.29, 1.82) is 0 Å². The fraction of sp³-hybridized carbons (Fsp3) is 0.345. The number of allylic oxidation sites excluding steroid dienone is 1. The molecule has 164 valence electrons. The Morgan fingerprint density at radius 3 is 2.38 bits per heavy atom. The fourth-order valence-corrected chi connectivity index (χ4v) is 5.55. The number of carbonyl (C=O) groups excluding carboxylic acids is 1. The molecular weight excluding hydrogens is 392 g/mol. The molecule has 3 aromatic carbocycles. The van der Waals surface area contributed by atoms with Crippen molar-refractivity contribution in [3.8, 4) is 0 Å². The molecule has 0 fully saturated rings. The molecule has 32 heavy (non-hydrogen) atoms. The largest absolute Gasteiger partial charge is 0.373 e. The molecule has 3 nitrogen and oxygen atoms in total. The first-order valence-electron chi connectivity index (χ1n) is 11.8. The Morgan fingerprint density at radius 1 is 0.938 bits per heavy atom. The molecule has 0 spiro atoms. The van der Waals surface area contributed by atoms with Crippen LogP contribution in [0, 0.1) is 5.41 Å². The number of nitrogens with one attached hydrogen (secondary N) is 1. The normalized spacial score (nSPS) is 19.4. The summed E-state index contributed by atoms with van der Waals surface area (Å²) in [6.07, 6.45) is 1.52. The van der Waals surface area contributed by atoms with E-state index in [4.69, 9.17) is 0 Å². The zero-order valence-electron chi connectivity index (χ0n) is 19.5. The molecule has 0 unspecified atom stereocenters. The molecule has 1 atom stereocenters. The van der Waals surface area contributed by atoms with E-state index in [1.54, 1.807) is 0 Å². The highest BCUT2D eigenvalue weighted by atomic mass is 16.1. The van der Waals surface area contributed by atoms with Crippen LogP contribution in [-0.4, -0.2) is 18.9 Å². The topological polar surface area (TPSA) is 32.3 Å². The van der Waals surface area contributed by atoms with Gasteiger partial charge >= 0.3 is 0 Å². The average Bonchev–Trinajstić information content (AvgIpc) is 2.78. The monoisotopic (exact) mass is 424 g/mol. The predicted molar refractivity (Wildman–Crippen MR) is 135 cm³/mol. The summed E-state index contributed by atoms with van der Waals surface area (Å²) in [7, 11) is 0. The minimum absolute atomic E-state index is 0.0291. The number of nitrogens with zero attached hydrogens (tertiary/aromatic N) is 1. The summed E-state index contributed by atoms with van der Waals surface area (Å²) in [4.78, 5) is 15.9. The molecule has 5 rings (SSSR count). The maximum Gasteiger partial charge on any atom is 0.162 e. The van der Waals surface area contributed by atoms with Crippen LogP contribution in [0.4, 0.5) is 11.4 Å². The number of carbonyl (C=O) groups is 1. The van der Waals surface area contributed by atoms with E-state index >= 15 is 0 Å². The fourth-order valence-electron chi connectivity index (χ4n) is 5.55. The molecule has 0 amide bonds. The van der Waals surface area contributed by atoms with Gasteiger partial charge in [0.1, 0.15) is 0 Å². The average molecular weight is 425 g/mol. The van der Waals surface area contributed by atoms with Gasteiger partial charge in [-0.05, 0) is 65.8 Å². The minimum Gasteiger partial charge on any atom is -0.373 e. The molecule has 2 aliphatic rings. The third-order valence-electron chi connectivity index (χ3n) is 7.09. The van der Waals surface area contributed by atoms with Crippen LogP contribution in [0.5, 0.6) is 0 Å². The highest BCUT2D eigenvalue weighted by Gasteiger charge is 2.40. The summed E-state index contributed by atoms with van der Waals surface area (Å²) in [5.74, 6) is 0.278. The van der Waals surface area contributed by atoms with Crippen LogP contribution < -0.4 is 10.2 Å². The van der Waals surface area contributed by atoms with Gasteiger partial charge in [-0.2, -0.15) is 0 Å². The Morgan fingerprint density at radius 2 is 1.66 bits per heavy atom. The molecular formula is C29H32N2O. The number of fused-ring (bicyclic) bond motifs is 4. The van der Waals surface area contributed by atoms with E-state index in [2.05, 4.69) is 98.6 Å². The van der Waals surface area contributed by atoms with Crippen molar-refractivity contribution in [3.05, 3.63) is 77.4 Å². The molecule has 0 bridgehead atoms. The second-order valence-electron chi connectivity index (χ2n) is 9.88. The SMILES string of the molecule is CCN(CC)c1ccc([C@H]2Nc3ccc4ccccc4c3C3=C2C(=O)CC(C)(C)C3)cc1. The maximum atomic E-state index is 13.5. The first kappa shape index (κ1) is 20.8. The number of rotatable bonds is 4. The van der Waals surface area contributed by atoms with Gasteiger partial charge in [-0.25, -0.2) is 0 Å². The van der Waals surface area contributed by atoms with E-state index in [0.29, 0.717) is 6.42 Å². The van der Waals surface area contributed by atoms with Gasteiger partial charge < -0.3 is 10.2 Å². The van der Waals surface area contributed by atoms with Gasteiger partial charge in [0.15, 0.2) is 5.78 Å². The van der Waals surface area contributed by atoms with E-state index in [0.717, 1.165) is 36.3 Å². The molecule has 3 aromatic rings. The van der Waals surface area contributed by atoms with Gasteiger partial charge in [0.25, 0.3) is 0 Å². The third kappa shape index (κ3) is 3.40. The molecule has 0 saturated carbocycles. The Bertz CT molecular complexity index is 1220. The molecule has 0 radical (unpaired) electrons. The van der Waals surface area contributed by atoms with Crippen LogP contribution in [0.15, 0.2) is 66.2 Å². The highest BCUT2D eigenvalue weighted by molar-refractivity contribution is 6.12. The summed E-state index contributed by atoms with van der Waals surface area (Å²) < 4.78 is 0. The van der Waals surface area contributed by atoms with Crippen molar-refractivity contribution in [2.45, 2.75) is 46.6 Å². The lowest BCUT2D eigenvalue weighted by molar-refractivity contribution is -0.118. The van der Waals surface area contributed by atoms with E-state index in [1.807, 2.05) is 0 Å². The predicted octanol–water partition coefficient (Wildman–Crippen LogP) is 7.00. The van der Waals surface area contributed by atoms with Crippen molar-refractivity contribution in [2.75, 3.05) is 23.3 Å². The first-order valence-corrected chi connectivity index (χ1v) is 11.8. The maximum absolute atomic E-state index is 13.5. The van der Waals surface area contributed by atoms with Gasteiger partial charge in [-0.3, -0.25) is 4.79 Å². The van der Waals surface area contributed by atoms with Crippen molar-refractivity contribution in [2.24, 2.45) is 5.41 Å². The third-order valence-corrected chi connectivity index (χ3v) is 7.09. The van der Waals surface area contributed by atoms with E-state index in [-0.39, 0.29) is 17.2 Å². The number of Topliss-reactive ketones (excluding diaryl/α,β-unsaturated/α-hetero) is 1. The van der Waals surface area contributed by atoms with Crippen LogP contribution in [0.3, 0.4) is 0 Å². The van der Waals surface area contributed by atoms with Crippen molar-refractivity contribution in [1.82, 2.24) is 0 Å². The number of hydrogen-bond donors (Lipinski definition) is 1. The van der Waals surface area contributed by atoms with Crippen LogP contribution in [0.1, 0.15) is 57.7 Å². The molecule has 1 N–H and O–H groups in total. The lowest BCUT2D eigenvalue weighted by Gasteiger charge is -2.40. The van der Waals surface area contributed by atoms with Gasteiger partial charge in [0.05, 0.1) is 6.04 Å². The standard InChI is InChI=1S/C29H32N2O/c1-5-31(6-2)21-14-11-20(12-15-21)28-27-23(17-29(3,4)18-25(27)32)26-22-10-8-7-9-19(22)13-16-24(26)30-28/h7-16,28,30H,5-6,17-18H2,1-4H3/t28-/m1/s1. The van der Waals surface area contributed by atoms with Gasteiger partial charge in [-0.1, -0.05) is 56.3 Å². The van der Waals surface area contributed by atoms with Crippen molar-refractivity contribution < 1.29 is 4.79 Å². The van der Waals surface area contributed by atoms with Crippen LogP contribution in [0.25, 0.3) is 16.3 Å². The number of hydrogen-bond acceptors (Lipinski definition) is 3. The minimum atomic E-state index is -0.104. The lowest BCUT2D eigenvalue weighted by Crippen LogP contribution is -2.33. The summed E-state index contributed by atoms with van der Waals surface area (Å²) >= 11 is 0. The second kappa shape index (κ2) is 7.81. The van der Waals surface area contributed by atoms with Crippen LogP contribution >= 0.6 is 0 Å². The summed E-state index contributed by atoms with van der Waals surface area (Å²) in [5, 5.41) is 6.19. The molecule has 1 aliphatic heterocycles. The van der Waals surface area contributed by atoms with E-state index in [1.165, 1.54) is 27.6 Å². The van der Waals surface area contributed by atoms with Gasteiger partial charge in [0, 0.05) is 42.0 Å². The number of anilines is 2. The smallest absolute Gasteiger partial charge is 0.162 e. The Hall–Kier alpha value is -3.07. The highest BCUT2D eigenvalue weighted by Crippen LogP contribution is 2.52. The number of benzene rings is 3. The quantitative estimate of drug-likeness (QED) is 0.489. The molecule has 3 heteroatoms. The summed E-state index contributed by atoms with van der Waals surface area (Å²) in [5.41, 5.74) is 6.89. The Kier molecular flexibility index (Phi) is 5.08. The Labute approximate surface area is 191 Å². The first-order chi connectivity index (χ1) is 15.4. The summed E-state index contributed by atoms with van der Waals surface area (Å²) in [6, 6.07) is 21.5. The van der Waals surface area contributed by atoms with Gasteiger partial charge in [0.2, 0.25) is 0 Å². The molecule has 0 aromatic heterocycles. The second-order valence-corrected chi connectivity index (χ2v) is 9.88. The van der Waals surface area contributed by atoms with Crippen molar-refractivity contribution in [3.63, 3.8) is 0 Å². The van der Waals surface area contributed by atoms with E-state index in [9.17, 15) is 4.79 Å².